The molecule has 1 atom stereocenters. The quantitative estimate of drug-likeness (QED) is 0.891. The van der Waals surface area contributed by atoms with Gasteiger partial charge in [0.2, 0.25) is 10.0 Å². The van der Waals surface area contributed by atoms with Gasteiger partial charge in [0.15, 0.2) is 0 Å². The molecule has 0 saturated carbocycles. The van der Waals surface area contributed by atoms with E-state index in [0.29, 0.717) is 23.4 Å². The Morgan fingerprint density at radius 1 is 1.14 bits per heavy atom. The van der Waals surface area contributed by atoms with Crippen molar-refractivity contribution >= 4 is 10.0 Å². The van der Waals surface area contributed by atoms with Crippen molar-refractivity contribution in [2.75, 3.05) is 32.8 Å². The molecule has 1 aromatic carbocycles. The van der Waals surface area contributed by atoms with E-state index in [1.54, 1.807) is 24.3 Å². The largest absolute Gasteiger partial charge is 0.380 e. The van der Waals surface area contributed by atoms with Crippen LogP contribution in [0.25, 0.3) is 0 Å². The highest BCUT2D eigenvalue weighted by Crippen LogP contribution is 2.22. The van der Waals surface area contributed by atoms with Gasteiger partial charge in [-0.15, -0.1) is 0 Å². The molecular formula is C16H24N2O3S. The minimum atomic E-state index is -3.37. The first kappa shape index (κ1) is 15.9. The van der Waals surface area contributed by atoms with Gasteiger partial charge in [-0.25, -0.2) is 13.1 Å². The lowest BCUT2D eigenvalue weighted by molar-refractivity contribution is 0.111. The molecule has 0 aliphatic carbocycles. The van der Waals surface area contributed by atoms with E-state index >= 15 is 0 Å². The average molecular weight is 324 g/mol. The van der Waals surface area contributed by atoms with Crippen molar-refractivity contribution in [2.45, 2.75) is 30.2 Å². The number of hydrogen-bond donors (Lipinski definition) is 1. The van der Waals surface area contributed by atoms with Crippen LogP contribution in [0.3, 0.4) is 0 Å². The predicted molar refractivity (Wildman–Crippen MR) is 85.2 cm³/mol. The van der Waals surface area contributed by atoms with Crippen LogP contribution in [-0.2, 0) is 14.8 Å². The second kappa shape index (κ2) is 7.08. The molecule has 5 nitrogen and oxygen atoms in total. The lowest BCUT2D eigenvalue weighted by Gasteiger charge is -2.35. The zero-order valence-electron chi connectivity index (χ0n) is 12.8. The number of ether oxygens (including phenoxy) is 1. The first-order valence-electron chi connectivity index (χ1n) is 8.02. The Balaban J connectivity index is 1.47. The van der Waals surface area contributed by atoms with Gasteiger partial charge in [-0.1, -0.05) is 18.2 Å². The molecule has 122 valence electrons. The number of nitrogens with zero attached hydrogens (tertiary/aromatic N) is 1. The summed E-state index contributed by atoms with van der Waals surface area (Å²) in [6.07, 6.45) is 3.23. The molecule has 1 N–H and O–H groups in total. The number of piperidine rings is 1. The average Bonchev–Trinajstić information content (AvgIpc) is 3.09. The summed E-state index contributed by atoms with van der Waals surface area (Å²) in [5.41, 5.74) is 0. The van der Waals surface area contributed by atoms with Crippen molar-refractivity contribution in [3.63, 3.8) is 0 Å². The maximum atomic E-state index is 12.2. The second-order valence-electron chi connectivity index (χ2n) is 6.16. The van der Waals surface area contributed by atoms with Crippen molar-refractivity contribution in [1.82, 2.24) is 9.62 Å². The van der Waals surface area contributed by atoms with E-state index in [9.17, 15) is 8.42 Å². The molecule has 0 radical (unpaired) electrons. The highest BCUT2D eigenvalue weighted by atomic mass is 32.2. The van der Waals surface area contributed by atoms with Crippen molar-refractivity contribution in [3.05, 3.63) is 30.3 Å². The number of nitrogens with one attached hydrogen (secondary N) is 1. The zero-order chi connectivity index (χ0) is 15.4. The van der Waals surface area contributed by atoms with Gasteiger partial charge in [0, 0.05) is 19.2 Å². The summed E-state index contributed by atoms with van der Waals surface area (Å²) in [6, 6.07) is 9.15. The van der Waals surface area contributed by atoms with Gasteiger partial charge >= 0.3 is 0 Å². The fraction of sp³-hybridized carbons (Fsp3) is 0.625. The van der Waals surface area contributed by atoms with E-state index in [-0.39, 0.29) is 0 Å². The van der Waals surface area contributed by atoms with E-state index in [1.165, 1.54) is 0 Å². The Bertz CT molecular complexity index is 562. The van der Waals surface area contributed by atoms with E-state index in [2.05, 4.69) is 9.62 Å². The molecule has 2 heterocycles. The molecule has 0 amide bonds. The minimum Gasteiger partial charge on any atom is -0.380 e. The fourth-order valence-electron chi connectivity index (χ4n) is 3.24. The lowest BCUT2D eigenvalue weighted by Crippen LogP contribution is -2.43. The third-order valence-corrected chi connectivity index (χ3v) is 6.13. The smallest absolute Gasteiger partial charge is 0.240 e. The van der Waals surface area contributed by atoms with Crippen LogP contribution in [0, 0.1) is 5.92 Å². The fourth-order valence-corrected chi connectivity index (χ4v) is 4.38. The minimum absolute atomic E-state index is 0.343. The highest BCUT2D eigenvalue weighted by molar-refractivity contribution is 7.89. The van der Waals surface area contributed by atoms with Gasteiger partial charge in [-0.2, -0.15) is 0 Å². The Morgan fingerprint density at radius 2 is 1.86 bits per heavy atom. The van der Waals surface area contributed by atoms with Crippen LogP contribution >= 0.6 is 0 Å². The molecule has 0 aromatic heterocycles. The summed E-state index contributed by atoms with van der Waals surface area (Å²) in [4.78, 5) is 2.84. The number of rotatable bonds is 5. The van der Waals surface area contributed by atoms with E-state index in [1.807, 2.05) is 6.07 Å². The summed E-state index contributed by atoms with van der Waals surface area (Å²) in [5, 5.41) is 0. The van der Waals surface area contributed by atoms with Crippen molar-refractivity contribution in [3.8, 4) is 0 Å². The highest BCUT2D eigenvalue weighted by Gasteiger charge is 2.28. The Kier molecular flexibility index (Phi) is 5.13. The van der Waals surface area contributed by atoms with Crippen LogP contribution in [0.2, 0.25) is 0 Å². The van der Waals surface area contributed by atoms with E-state index in [4.69, 9.17) is 4.74 Å². The van der Waals surface area contributed by atoms with Gasteiger partial charge in [0.1, 0.15) is 0 Å². The summed E-state index contributed by atoms with van der Waals surface area (Å²) < 4.78 is 32.6. The van der Waals surface area contributed by atoms with Crippen LogP contribution in [0.5, 0.6) is 0 Å². The topological polar surface area (TPSA) is 58.6 Å². The molecule has 0 bridgehead atoms. The van der Waals surface area contributed by atoms with Gasteiger partial charge in [0.05, 0.1) is 11.5 Å². The maximum absolute atomic E-state index is 12.2. The summed E-state index contributed by atoms with van der Waals surface area (Å²) in [7, 11) is -3.37. The molecule has 22 heavy (non-hydrogen) atoms. The van der Waals surface area contributed by atoms with Crippen molar-refractivity contribution in [2.24, 2.45) is 5.92 Å². The van der Waals surface area contributed by atoms with Crippen LogP contribution < -0.4 is 4.72 Å². The molecule has 2 saturated heterocycles. The SMILES string of the molecule is O=S(=O)(NCC1CCN(C2CCOC2)CC1)c1ccccc1. The molecule has 1 aromatic rings. The van der Waals surface area contributed by atoms with Crippen LogP contribution in [-0.4, -0.2) is 52.2 Å². The van der Waals surface area contributed by atoms with E-state index < -0.39 is 10.0 Å². The van der Waals surface area contributed by atoms with Gasteiger partial charge in [0.25, 0.3) is 0 Å². The Morgan fingerprint density at radius 3 is 2.50 bits per heavy atom. The Hall–Kier alpha value is -0.950. The number of likely N-dealkylation sites (tertiary alicyclic amines) is 1. The van der Waals surface area contributed by atoms with Crippen molar-refractivity contribution < 1.29 is 13.2 Å². The summed E-state index contributed by atoms with van der Waals surface area (Å²) >= 11 is 0. The van der Waals surface area contributed by atoms with Crippen LogP contribution in [0.15, 0.2) is 35.2 Å². The number of hydrogen-bond acceptors (Lipinski definition) is 4. The molecular weight excluding hydrogens is 300 g/mol. The van der Waals surface area contributed by atoms with Crippen LogP contribution in [0.4, 0.5) is 0 Å². The van der Waals surface area contributed by atoms with E-state index in [0.717, 1.165) is 45.6 Å². The van der Waals surface area contributed by atoms with Crippen LogP contribution in [0.1, 0.15) is 19.3 Å². The first-order valence-corrected chi connectivity index (χ1v) is 9.50. The molecule has 1 unspecified atom stereocenters. The molecule has 2 aliphatic rings. The number of sulfonamides is 1. The molecule has 6 heteroatoms. The van der Waals surface area contributed by atoms with Gasteiger partial charge in [-0.3, -0.25) is 4.90 Å². The molecule has 0 spiro atoms. The summed E-state index contributed by atoms with van der Waals surface area (Å²) in [6.45, 7) is 4.36. The maximum Gasteiger partial charge on any atom is 0.240 e. The molecule has 2 fully saturated rings. The monoisotopic (exact) mass is 324 g/mol. The normalized spacial score (nSPS) is 24.6. The third kappa shape index (κ3) is 3.87. The standard InChI is InChI=1S/C16H24N2O3S/c19-22(20,16-4-2-1-3-5-16)17-12-14-6-9-18(10-7-14)15-8-11-21-13-15/h1-5,14-15,17H,6-13H2. The zero-order valence-corrected chi connectivity index (χ0v) is 13.6. The van der Waals surface area contributed by atoms with Gasteiger partial charge < -0.3 is 4.74 Å². The lowest BCUT2D eigenvalue weighted by atomic mass is 9.96. The first-order chi connectivity index (χ1) is 10.6. The van der Waals surface area contributed by atoms with Crippen molar-refractivity contribution in [1.29, 1.82) is 0 Å². The molecule has 3 rings (SSSR count). The summed E-state index contributed by atoms with van der Waals surface area (Å²) in [5.74, 6) is 0.428. The predicted octanol–water partition coefficient (Wildman–Crippen LogP) is 1.47. The van der Waals surface area contributed by atoms with Gasteiger partial charge in [-0.05, 0) is 50.4 Å². The third-order valence-electron chi connectivity index (χ3n) is 4.69. The second-order valence-corrected chi connectivity index (χ2v) is 7.93. The Labute approximate surface area is 132 Å². The number of benzene rings is 1. The molecule has 2 aliphatic heterocycles.